The van der Waals surface area contributed by atoms with E-state index in [2.05, 4.69) is 68.4 Å². The molecule has 0 heterocycles. The first kappa shape index (κ1) is 14.0. The minimum Gasteiger partial charge on any atom is -0.412 e. The van der Waals surface area contributed by atoms with Crippen molar-refractivity contribution in [2.24, 2.45) is 0 Å². The summed E-state index contributed by atoms with van der Waals surface area (Å²) < 4.78 is 6.18. The fraction of sp³-hybridized carbons (Fsp3) is 0.294. The Bertz CT molecular complexity index is 478. The van der Waals surface area contributed by atoms with E-state index in [9.17, 15) is 0 Å². The molecule has 0 fully saturated rings. The maximum Gasteiger partial charge on any atom is 0.193 e. The topological polar surface area (TPSA) is 9.23 Å². The van der Waals surface area contributed by atoms with Crippen LogP contribution in [0.4, 0.5) is 0 Å². The van der Waals surface area contributed by atoms with Gasteiger partial charge in [-0.3, -0.25) is 0 Å². The molecule has 2 heteroatoms. The summed E-state index contributed by atoms with van der Waals surface area (Å²) in [7, 11) is -0.637. The molecule has 2 aromatic rings. The minimum absolute atomic E-state index is 0.249. The molecular formula is C17H22OSi. The van der Waals surface area contributed by atoms with Crippen molar-refractivity contribution < 1.29 is 4.43 Å². The summed E-state index contributed by atoms with van der Waals surface area (Å²) >= 11 is 0. The van der Waals surface area contributed by atoms with Crippen LogP contribution in [-0.2, 0) is 10.8 Å². The maximum absolute atomic E-state index is 6.18. The lowest BCUT2D eigenvalue weighted by atomic mass is 10.1. The third-order valence-electron chi connectivity index (χ3n) is 3.42. The Morgan fingerprint density at radius 3 is 2.21 bits per heavy atom. The Balaban J connectivity index is 1.96. The van der Waals surface area contributed by atoms with Crippen LogP contribution in [0.3, 0.4) is 0 Å². The number of hydrogen-bond acceptors (Lipinski definition) is 1. The van der Waals surface area contributed by atoms with E-state index in [1.54, 1.807) is 0 Å². The van der Waals surface area contributed by atoms with Crippen LogP contribution in [0.15, 0.2) is 54.6 Å². The van der Waals surface area contributed by atoms with Gasteiger partial charge in [-0.05, 0) is 29.2 Å². The predicted octanol–water partition coefficient (Wildman–Crippen LogP) is 3.13. The average Bonchev–Trinajstić information content (AvgIpc) is 2.49. The monoisotopic (exact) mass is 270 g/mol. The molecule has 19 heavy (non-hydrogen) atoms. The van der Waals surface area contributed by atoms with Crippen LogP contribution in [0, 0.1) is 0 Å². The fourth-order valence-corrected chi connectivity index (χ4v) is 3.44. The number of hydrogen-bond donors (Lipinski definition) is 0. The molecule has 0 saturated heterocycles. The highest BCUT2D eigenvalue weighted by Crippen LogP contribution is 2.19. The largest absolute Gasteiger partial charge is 0.412 e. The van der Waals surface area contributed by atoms with Gasteiger partial charge in [0.1, 0.15) is 0 Å². The summed E-state index contributed by atoms with van der Waals surface area (Å²) in [5.41, 5.74) is 2.69. The van der Waals surface area contributed by atoms with Gasteiger partial charge in [-0.1, -0.05) is 68.4 Å². The Morgan fingerprint density at radius 2 is 1.63 bits per heavy atom. The second kappa shape index (κ2) is 7.27. The Morgan fingerprint density at radius 1 is 0.947 bits per heavy atom. The summed E-state index contributed by atoms with van der Waals surface area (Å²) in [6.45, 7) is 4.37. The molecule has 0 aliphatic heterocycles. The van der Waals surface area contributed by atoms with Crippen molar-refractivity contribution in [2.75, 3.05) is 0 Å². The van der Waals surface area contributed by atoms with Crippen LogP contribution in [-0.4, -0.2) is 9.76 Å². The van der Waals surface area contributed by atoms with Gasteiger partial charge >= 0.3 is 0 Å². The SMILES string of the molecule is CCc1ccc([SiH2]OC(CC)c2ccccc2)cc1. The molecule has 0 N–H and O–H groups in total. The Kier molecular flexibility index (Phi) is 5.37. The fourth-order valence-electron chi connectivity index (χ4n) is 2.19. The minimum atomic E-state index is -0.637. The first-order valence-corrected chi connectivity index (χ1v) is 8.36. The molecule has 0 saturated carbocycles. The van der Waals surface area contributed by atoms with Crippen molar-refractivity contribution in [3.63, 3.8) is 0 Å². The van der Waals surface area contributed by atoms with Crippen LogP contribution in [0.1, 0.15) is 37.5 Å². The molecule has 0 aromatic heterocycles. The van der Waals surface area contributed by atoms with E-state index >= 15 is 0 Å². The lowest BCUT2D eigenvalue weighted by molar-refractivity contribution is 0.216. The highest BCUT2D eigenvalue weighted by molar-refractivity contribution is 6.46. The molecule has 2 rings (SSSR count). The zero-order valence-corrected chi connectivity index (χ0v) is 13.2. The summed E-state index contributed by atoms with van der Waals surface area (Å²) in [4.78, 5) is 0. The summed E-state index contributed by atoms with van der Waals surface area (Å²) in [5.74, 6) is 0. The normalized spacial score (nSPS) is 12.9. The molecule has 1 unspecified atom stereocenters. The maximum atomic E-state index is 6.18. The van der Waals surface area contributed by atoms with Gasteiger partial charge in [-0.25, -0.2) is 0 Å². The molecular weight excluding hydrogens is 248 g/mol. The molecule has 100 valence electrons. The van der Waals surface area contributed by atoms with Gasteiger partial charge in [-0.2, -0.15) is 0 Å². The van der Waals surface area contributed by atoms with Gasteiger partial charge in [0.2, 0.25) is 0 Å². The smallest absolute Gasteiger partial charge is 0.193 e. The van der Waals surface area contributed by atoms with Crippen LogP contribution >= 0.6 is 0 Å². The number of benzene rings is 2. The third-order valence-corrected chi connectivity index (χ3v) is 4.80. The zero-order valence-electron chi connectivity index (χ0n) is 11.8. The summed E-state index contributed by atoms with van der Waals surface area (Å²) in [6, 6.07) is 19.4. The van der Waals surface area contributed by atoms with Crippen LogP contribution < -0.4 is 5.19 Å². The van der Waals surface area contributed by atoms with Crippen molar-refractivity contribution in [1.29, 1.82) is 0 Å². The first-order valence-electron chi connectivity index (χ1n) is 7.07. The van der Waals surface area contributed by atoms with Crippen molar-refractivity contribution in [1.82, 2.24) is 0 Å². The zero-order chi connectivity index (χ0) is 13.5. The van der Waals surface area contributed by atoms with Crippen molar-refractivity contribution in [2.45, 2.75) is 32.8 Å². The van der Waals surface area contributed by atoms with Gasteiger partial charge in [0, 0.05) is 0 Å². The highest BCUT2D eigenvalue weighted by Gasteiger charge is 2.09. The average molecular weight is 270 g/mol. The van der Waals surface area contributed by atoms with E-state index in [0.717, 1.165) is 12.8 Å². The van der Waals surface area contributed by atoms with Gasteiger partial charge in [0.15, 0.2) is 9.76 Å². The first-order chi connectivity index (χ1) is 9.33. The van der Waals surface area contributed by atoms with Crippen molar-refractivity contribution >= 4 is 14.9 Å². The molecule has 0 bridgehead atoms. The van der Waals surface area contributed by atoms with E-state index < -0.39 is 9.76 Å². The van der Waals surface area contributed by atoms with Crippen molar-refractivity contribution in [3.8, 4) is 0 Å². The second-order valence-corrected chi connectivity index (χ2v) is 6.23. The van der Waals surface area contributed by atoms with Gasteiger partial charge in [0.25, 0.3) is 0 Å². The summed E-state index contributed by atoms with van der Waals surface area (Å²) in [6.07, 6.45) is 2.38. The van der Waals surface area contributed by atoms with E-state index in [4.69, 9.17) is 4.43 Å². The highest BCUT2D eigenvalue weighted by atomic mass is 28.2. The Hall–Kier alpha value is -1.38. The Labute approximate surface area is 118 Å². The molecule has 1 atom stereocenters. The van der Waals surface area contributed by atoms with Crippen LogP contribution in [0.25, 0.3) is 0 Å². The lowest BCUT2D eigenvalue weighted by Crippen LogP contribution is -2.19. The molecule has 0 amide bonds. The quantitative estimate of drug-likeness (QED) is 0.733. The lowest BCUT2D eigenvalue weighted by Gasteiger charge is -2.17. The van der Waals surface area contributed by atoms with Gasteiger partial charge in [-0.15, -0.1) is 0 Å². The van der Waals surface area contributed by atoms with E-state index in [1.807, 2.05) is 0 Å². The molecule has 0 spiro atoms. The second-order valence-electron chi connectivity index (χ2n) is 4.79. The van der Waals surface area contributed by atoms with E-state index in [-0.39, 0.29) is 6.10 Å². The van der Waals surface area contributed by atoms with E-state index in [1.165, 1.54) is 16.3 Å². The molecule has 0 aliphatic rings. The standard InChI is InChI=1S/C17H22OSi/c1-3-14-10-12-16(13-11-14)19-18-17(4-2)15-8-6-5-7-9-15/h5-13,17H,3-4,19H2,1-2H3. The van der Waals surface area contributed by atoms with Crippen LogP contribution in [0.5, 0.6) is 0 Å². The van der Waals surface area contributed by atoms with Gasteiger partial charge < -0.3 is 4.43 Å². The molecule has 1 nitrogen and oxygen atoms in total. The summed E-state index contributed by atoms with van der Waals surface area (Å²) in [5, 5.41) is 1.38. The third kappa shape index (κ3) is 4.05. The van der Waals surface area contributed by atoms with Gasteiger partial charge in [0.05, 0.1) is 6.10 Å². The number of aryl methyl sites for hydroxylation is 1. The number of rotatable bonds is 6. The molecule has 0 radical (unpaired) electrons. The molecule has 2 aromatic carbocycles. The van der Waals surface area contributed by atoms with Crippen molar-refractivity contribution in [3.05, 3.63) is 65.7 Å². The van der Waals surface area contributed by atoms with Crippen LogP contribution in [0.2, 0.25) is 0 Å². The van der Waals surface area contributed by atoms with E-state index in [0.29, 0.717) is 0 Å². The predicted molar refractivity (Wildman–Crippen MR) is 84.6 cm³/mol. The molecule has 0 aliphatic carbocycles.